The molecule has 2 unspecified atom stereocenters. The van der Waals surface area contributed by atoms with Crippen molar-refractivity contribution in [2.24, 2.45) is 5.92 Å². The molecule has 0 amide bonds. The van der Waals surface area contributed by atoms with Crippen LogP contribution in [0.4, 0.5) is 0 Å². The molecule has 2 atom stereocenters. The second kappa shape index (κ2) is 9.73. The lowest BCUT2D eigenvalue weighted by Crippen LogP contribution is -2.48. The first-order valence-corrected chi connectivity index (χ1v) is 7.46. The number of hydrogen-bond acceptors (Lipinski definition) is 4. The van der Waals surface area contributed by atoms with E-state index in [9.17, 15) is 0 Å². The van der Waals surface area contributed by atoms with E-state index < -0.39 is 0 Å². The van der Waals surface area contributed by atoms with Gasteiger partial charge < -0.3 is 20.1 Å². The zero-order valence-electron chi connectivity index (χ0n) is 12.0. The molecule has 1 aliphatic heterocycles. The molecule has 108 valence electrons. The average Bonchev–Trinajstić information content (AvgIpc) is 2.38. The average molecular weight is 258 g/mol. The summed E-state index contributed by atoms with van der Waals surface area (Å²) < 4.78 is 5.62. The molecule has 1 saturated heterocycles. The standard InChI is InChI=1S/C14H30N2O2/c1-3-6-15-14-5-10-18-12-13(14)11-16(7-4-2)8-9-17/h13-15,17H,3-12H2,1-2H3. The molecule has 0 radical (unpaired) electrons. The molecule has 18 heavy (non-hydrogen) atoms. The van der Waals surface area contributed by atoms with E-state index in [0.717, 1.165) is 52.2 Å². The van der Waals surface area contributed by atoms with Gasteiger partial charge in [0.15, 0.2) is 0 Å². The molecule has 0 aromatic rings. The molecule has 1 rings (SSSR count). The highest BCUT2D eigenvalue weighted by molar-refractivity contribution is 4.82. The molecule has 2 N–H and O–H groups in total. The third-order valence-electron chi connectivity index (χ3n) is 3.58. The summed E-state index contributed by atoms with van der Waals surface area (Å²) in [5.74, 6) is 0.559. The lowest BCUT2D eigenvalue weighted by atomic mass is 9.95. The maximum atomic E-state index is 9.11. The van der Waals surface area contributed by atoms with Crippen molar-refractivity contribution in [3.8, 4) is 0 Å². The fourth-order valence-corrected chi connectivity index (χ4v) is 2.66. The Morgan fingerprint density at radius 3 is 2.78 bits per heavy atom. The van der Waals surface area contributed by atoms with Gasteiger partial charge in [0.05, 0.1) is 13.2 Å². The summed E-state index contributed by atoms with van der Waals surface area (Å²) in [5.41, 5.74) is 0. The van der Waals surface area contributed by atoms with Crippen LogP contribution in [0.15, 0.2) is 0 Å². The summed E-state index contributed by atoms with van der Waals surface area (Å²) in [6, 6.07) is 0.580. The van der Waals surface area contributed by atoms with Crippen molar-refractivity contribution in [1.82, 2.24) is 10.2 Å². The second-order valence-electron chi connectivity index (χ2n) is 5.21. The molecule has 0 aromatic heterocycles. The van der Waals surface area contributed by atoms with Crippen molar-refractivity contribution < 1.29 is 9.84 Å². The summed E-state index contributed by atoms with van der Waals surface area (Å²) in [6.45, 7) is 10.4. The quantitative estimate of drug-likeness (QED) is 0.650. The number of hydrogen-bond donors (Lipinski definition) is 2. The van der Waals surface area contributed by atoms with Crippen LogP contribution in [0.3, 0.4) is 0 Å². The van der Waals surface area contributed by atoms with Gasteiger partial charge in [0.2, 0.25) is 0 Å². The maximum Gasteiger partial charge on any atom is 0.0558 e. The predicted octanol–water partition coefficient (Wildman–Crippen LogP) is 1.10. The number of aliphatic hydroxyl groups is 1. The first kappa shape index (κ1) is 15.9. The van der Waals surface area contributed by atoms with Gasteiger partial charge in [-0.3, -0.25) is 0 Å². The lowest BCUT2D eigenvalue weighted by molar-refractivity contribution is 0.0145. The highest BCUT2D eigenvalue weighted by atomic mass is 16.5. The maximum absolute atomic E-state index is 9.11. The van der Waals surface area contributed by atoms with E-state index in [4.69, 9.17) is 9.84 Å². The summed E-state index contributed by atoms with van der Waals surface area (Å²) >= 11 is 0. The van der Waals surface area contributed by atoms with E-state index in [2.05, 4.69) is 24.1 Å². The molecule has 0 saturated carbocycles. The van der Waals surface area contributed by atoms with Crippen LogP contribution >= 0.6 is 0 Å². The zero-order valence-corrected chi connectivity index (χ0v) is 12.0. The Labute approximate surface area is 112 Å². The number of nitrogens with one attached hydrogen (secondary N) is 1. The van der Waals surface area contributed by atoms with E-state index in [1.54, 1.807) is 0 Å². The molecule has 0 aliphatic carbocycles. The third-order valence-corrected chi connectivity index (χ3v) is 3.58. The van der Waals surface area contributed by atoms with Crippen molar-refractivity contribution in [3.63, 3.8) is 0 Å². The van der Waals surface area contributed by atoms with Gasteiger partial charge in [-0.15, -0.1) is 0 Å². The van der Waals surface area contributed by atoms with Gasteiger partial charge in [-0.05, 0) is 32.4 Å². The normalized spacial score (nSPS) is 24.7. The summed E-state index contributed by atoms with van der Waals surface area (Å²) in [5, 5.41) is 12.8. The highest BCUT2D eigenvalue weighted by Crippen LogP contribution is 2.16. The van der Waals surface area contributed by atoms with Crippen LogP contribution < -0.4 is 5.32 Å². The van der Waals surface area contributed by atoms with Crippen LogP contribution in [0.1, 0.15) is 33.1 Å². The molecule has 4 nitrogen and oxygen atoms in total. The Morgan fingerprint density at radius 1 is 1.28 bits per heavy atom. The number of rotatable bonds is 9. The lowest BCUT2D eigenvalue weighted by Gasteiger charge is -2.35. The van der Waals surface area contributed by atoms with Gasteiger partial charge in [-0.1, -0.05) is 13.8 Å². The Bertz CT molecular complexity index is 196. The molecule has 1 heterocycles. The molecular formula is C14H30N2O2. The SMILES string of the molecule is CCCNC1CCOCC1CN(CCC)CCO. The minimum Gasteiger partial charge on any atom is -0.395 e. The van der Waals surface area contributed by atoms with Crippen LogP contribution in [-0.2, 0) is 4.74 Å². The van der Waals surface area contributed by atoms with Crippen molar-refractivity contribution in [2.45, 2.75) is 39.2 Å². The van der Waals surface area contributed by atoms with Gasteiger partial charge in [0.25, 0.3) is 0 Å². The number of ether oxygens (including phenoxy) is 1. The highest BCUT2D eigenvalue weighted by Gasteiger charge is 2.26. The monoisotopic (exact) mass is 258 g/mol. The minimum absolute atomic E-state index is 0.251. The van der Waals surface area contributed by atoms with Crippen LogP contribution in [0, 0.1) is 5.92 Å². The van der Waals surface area contributed by atoms with Crippen LogP contribution in [-0.4, -0.2) is 62.0 Å². The van der Waals surface area contributed by atoms with Gasteiger partial charge in [-0.25, -0.2) is 0 Å². The fraction of sp³-hybridized carbons (Fsp3) is 1.00. The number of nitrogens with zero attached hydrogens (tertiary/aromatic N) is 1. The smallest absolute Gasteiger partial charge is 0.0558 e. The van der Waals surface area contributed by atoms with Crippen molar-refractivity contribution in [2.75, 3.05) is 46.0 Å². The molecule has 1 aliphatic rings. The van der Waals surface area contributed by atoms with Crippen LogP contribution in [0.5, 0.6) is 0 Å². The molecule has 0 spiro atoms. The van der Waals surface area contributed by atoms with Crippen molar-refractivity contribution in [1.29, 1.82) is 0 Å². The van der Waals surface area contributed by atoms with Gasteiger partial charge in [0.1, 0.15) is 0 Å². The fourth-order valence-electron chi connectivity index (χ4n) is 2.66. The van der Waals surface area contributed by atoms with E-state index in [1.165, 1.54) is 6.42 Å². The first-order valence-electron chi connectivity index (χ1n) is 7.46. The Hall–Kier alpha value is -0.160. The van der Waals surface area contributed by atoms with Crippen LogP contribution in [0.25, 0.3) is 0 Å². The van der Waals surface area contributed by atoms with Gasteiger partial charge in [0, 0.05) is 31.7 Å². The largest absolute Gasteiger partial charge is 0.395 e. The van der Waals surface area contributed by atoms with Crippen LogP contribution in [0.2, 0.25) is 0 Å². The topological polar surface area (TPSA) is 44.7 Å². The summed E-state index contributed by atoms with van der Waals surface area (Å²) in [4.78, 5) is 2.36. The van der Waals surface area contributed by atoms with Gasteiger partial charge in [-0.2, -0.15) is 0 Å². The molecule has 1 fully saturated rings. The Balaban J connectivity index is 2.42. The van der Waals surface area contributed by atoms with Crippen molar-refractivity contribution in [3.05, 3.63) is 0 Å². The first-order chi connectivity index (χ1) is 8.81. The van der Waals surface area contributed by atoms with E-state index in [0.29, 0.717) is 12.0 Å². The molecule has 0 aromatic carbocycles. The van der Waals surface area contributed by atoms with Crippen molar-refractivity contribution >= 4 is 0 Å². The van der Waals surface area contributed by atoms with Gasteiger partial charge >= 0.3 is 0 Å². The number of aliphatic hydroxyl groups excluding tert-OH is 1. The Kier molecular flexibility index (Phi) is 8.59. The molecule has 4 heteroatoms. The summed E-state index contributed by atoms with van der Waals surface area (Å²) in [7, 11) is 0. The Morgan fingerprint density at radius 2 is 2.11 bits per heavy atom. The minimum atomic E-state index is 0.251. The molecular weight excluding hydrogens is 228 g/mol. The second-order valence-corrected chi connectivity index (χ2v) is 5.21. The summed E-state index contributed by atoms with van der Waals surface area (Å²) in [6.07, 6.45) is 3.43. The zero-order chi connectivity index (χ0) is 13.2. The van der Waals surface area contributed by atoms with E-state index in [-0.39, 0.29) is 6.61 Å². The predicted molar refractivity (Wildman–Crippen MR) is 74.8 cm³/mol. The van der Waals surface area contributed by atoms with E-state index >= 15 is 0 Å². The third kappa shape index (κ3) is 5.65. The molecule has 0 bridgehead atoms. The van der Waals surface area contributed by atoms with E-state index in [1.807, 2.05) is 0 Å².